The van der Waals surface area contributed by atoms with Gasteiger partial charge in [-0.05, 0) is 84.5 Å². The Bertz CT molecular complexity index is 470. The van der Waals surface area contributed by atoms with E-state index in [2.05, 4.69) is 48.8 Å². The largest absolute Gasteiger partial charge is 0.466 e. The lowest BCUT2D eigenvalue weighted by Gasteiger charge is -2.38. The Balaban J connectivity index is -0.000000158. The molecule has 0 unspecified atom stereocenters. The Morgan fingerprint density at radius 2 is 1.08 bits per heavy atom. The van der Waals surface area contributed by atoms with Crippen molar-refractivity contribution in [2.75, 3.05) is 33.5 Å². The van der Waals surface area contributed by atoms with Gasteiger partial charge in [0.2, 0.25) is 0 Å². The van der Waals surface area contributed by atoms with Gasteiger partial charge in [0.25, 0.3) is 0 Å². The van der Waals surface area contributed by atoms with Crippen LogP contribution in [0, 0.1) is 0 Å². The number of ether oxygens (including phenoxy) is 3. The molecule has 0 saturated carbocycles. The van der Waals surface area contributed by atoms with Crippen LogP contribution in [0.5, 0.6) is 0 Å². The first kappa shape index (κ1) is 46.3. The maximum atomic E-state index is 10.4. The van der Waals surface area contributed by atoms with Crippen molar-refractivity contribution in [3.05, 3.63) is 0 Å². The van der Waals surface area contributed by atoms with Gasteiger partial charge in [-0.3, -0.25) is 9.59 Å². The Morgan fingerprint density at radius 1 is 0.703 bits per heavy atom. The van der Waals surface area contributed by atoms with Crippen LogP contribution in [0.2, 0.25) is 51.4 Å². The normalized spacial score (nSPS) is 10.9. The van der Waals surface area contributed by atoms with E-state index in [1.54, 1.807) is 7.11 Å². The van der Waals surface area contributed by atoms with Gasteiger partial charge in [0.15, 0.2) is 16.6 Å². The zero-order valence-electron chi connectivity index (χ0n) is 24.6. The SMILES string of the molecule is C.C.CCCC(=O)OCC.CCCC(=O)OCC.COCC[Si](C)(C)O[Si](C)(C)O[Si](C)(C)CCCO. The fourth-order valence-corrected chi connectivity index (χ4v) is 16.9. The average Bonchev–Trinajstić information content (AvgIpc) is 2.71. The number of hydrogen-bond acceptors (Lipinski definition) is 8. The van der Waals surface area contributed by atoms with E-state index in [9.17, 15) is 9.59 Å². The smallest absolute Gasteiger partial charge is 0.311 e. The number of aliphatic hydroxyl groups is 1. The van der Waals surface area contributed by atoms with Crippen LogP contribution in [0.1, 0.15) is 74.7 Å². The lowest BCUT2D eigenvalue weighted by molar-refractivity contribution is -0.144. The van der Waals surface area contributed by atoms with Gasteiger partial charge in [0.05, 0.1) is 13.2 Å². The quantitative estimate of drug-likeness (QED) is 0.150. The Kier molecular flexibility index (Phi) is 33.8. The van der Waals surface area contributed by atoms with Crippen LogP contribution in [0.25, 0.3) is 0 Å². The van der Waals surface area contributed by atoms with Crippen molar-refractivity contribution >= 4 is 37.1 Å². The van der Waals surface area contributed by atoms with Crippen LogP contribution >= 0.6 is 0 Å². The molecular formula is C26H64O8Si3. The number of carbonyl (C=O) groups excluding carboxylic acids is 2. The molecule has 1 N–H and O–H groups in total. The third kappa shape index (κ3) is 35.4. The summed E-state index contributed by atoms with van der Waals surface area (Å²) in [6.45, 7) is 22.7. The molecule has 0 bridgehead atoms. The fraction of sp³-hybridized carbons (Fsp3) is 0.923. The Labute approximate surface area is 233 Å². The lowest BCUT2D eigenvalue weighted by Crippen LogP contribution is -2.52. The molecule has 37 heavy (non-hydrogen) atoms. The molecule has 0 aromatic carbocycles. The van der Waals surface area contributed by atoms with E-state index in [0.717, 1.165) is 38.0 Å². The summed E-state index contributed by atoms with van der Waals surface area (Å²) in [5.41, 5.74) is 0. The molecule has 0 radical (unpaired) electrons. The molecular weight excluding hydrogens is 525 g/mol. The summed E-state index contributed by atoms with van der Waals surface area (Å²) in [5, 5.41) is 8.95. The van der Waals surface area contributed by atoms with Crippen molar-refractivity contribution in [1.82, 2.24) is 0 Å². The first-order valence-corrected chi connectivity index (χ1v) is 22.0. The van der Waals surface area contributed by atoms with E-state index in [4.69, 9.17) is 18.1 Å². The van der Waals surface area contributed by atoms with Gasteiger partial charge in [0, 0.05) is 33.2 Å². The topological polar surface area (TPSA) is 101 Å². The number of carbonyl (C=O) groups is 2. The van der Waals surface area contributed by atoms with Crippen molar-refractivity contribution in [1.29, 1.82) is 0 Å². The standard InChI is InChI=1S/C12H32O4Si3.2C6H12O2.2CH4/c1-14-10-12-18(4,5)16-19(6,7)15-17(2,3)11-8-9-13;2*1-3-5-6(7)8-4-2;;/h13H,8-12H2,1-7H3;2*3-5H2,1-2H3;2*1H4. The summed E-state index contributed by atoms with van der Waals surface area (Å²) in [7, 11) is -3.79. The number of hydrogen-bond donors (Lipinski definition) is 1. The van der Waals surface area contributed by atoms with Gasteiger partial charge in [-0.25, -0.2) is 0 Å². The van der Waals surface area contributed by atoms with E-state index >= 15 is 0 Å². The van der Waals surface area contributed by atoms with E-state index in [1.807, 2.05) is 27.7 Å². The van der Waals surface area contributed by atoms with E-state index in [-0.39, 0.29) is 33.4 Å². The van der Waals surface area contributed by atoms with Crippen molar-refractivity contribution in [2.45, 2.75) is 126 Å². The molecule has 228 valence electrons. The molecule has 0 fully saturated rings. The molecule has 0 heterocycles. The summed E-state index contributed by atoms with van der Waals surface area (Å²) in [4.78, 5) is 20.8. The highest BCUT2D eigenvalue weighted by atomic mass is 28.5. The summed E-state index contributed by atoms with van der Waals surface area (Å²) in [6.07, 6.45) is 3.67. The minimum Gasteiger partial charge on any atom is -0.466 e. The van der Waals surface area contributed by atoms with Crippen molar-refractivity contribution < 1.29 is 37.1 Å². The molecule has 0 spiro atoms. The van der Waals surface area contributed by atoms with Crippen molar-refractivity contribution in [2.24, 2.45) is 0 Å². The molecule has 0 aromatic heterocycles. The first-order valence-electron chi connectivity index (χ1n) is 13.0. The number of aliphatic hydroxyl groups excluding tert-OH is 1. The zero-order chi connectivity index (χ0) is 28.0. The van der Waals surface area contributed by atoms with E-state index in [1.165, 1.54) is 0 Å². The van der Waals surface area contributed by atoms with Crippen LogP contribution in [-0.4, -0.2) is 75.8 Å². The summed E-state index contributed by atoms with van der Waals surface area (Å²) in [6, 6.07) is 1.99. The predicted octanol–water partition coefficient (Wildman–Crippen LogP) is 7.13. The zero-order valence-corrected chi connectivity index (χ0v) is 27.6. The van der Waals surface area contributed by atoms with Gasteiger partial charge < -0.3 is 27.5 Å². The number of rotatable bonds is 16. The molecule has 0 saturated heterocycles. The van der Waals surface area contributed by atoms with Crippen LogP contribution in [-0.2, 0) is 32.0 Å². The number of methoxy groups -OCH3 is 1. The second-order valence-corrected chi connectivity index (χ2v) is 22.3. The monoisotopic (exact) mass is 588 g/mol. The molecule has 0 rings (SSSR count). The van der Waals surface area contributed by atoms with Crippen LogP contribution < -0.4 is 0 Å². The molecule has 0 amide bonds. The molecule has 0 atom stereocenters. The van der Waals surface area contributed by atoms with Crippen molar-refractivity contribution in [3.8, 4) is 0 Å². The van der Waals surface area contributed by atoms with Crippen molar-refractivity contribution in [3.63, 3.8) is 0 Å². The number of esters is 2. The van der Waals surface area contributed by atoms with Gasteiger partial charge in [-0.15, -0.1) is 0 Å². The molecule has 0 aliphatic heterocycles. The maximum absolute atomic E-state index is 10.4. The maximum Gasteiger partial charge on any atom is 0.311 e. The fourth-order valence-electron chi connectivity index (χ4n) is 3.18. The van der Waals surface area contributed by atoms with Gasteiger partial charge in [-0.1, -0.05) is 28.7 Å². The Hall–Kier alpha value is -0.569. The van der Waals surface area contributed by atoms with Crippen LogP contribution in [0.3, 0.4) is 0 Å². The average molecular weight is 589 g/mol. The highest BCUT2D eigenvalue weighted by molar-refractivity contribution is 6.87. The van der Waals surface area contributed by atoms with Gasteiger partial charge in [-0.2, -0.15) is 0 Å². The van der Waals surface area contributed by atoms with E-state index < -0.39 is 25.2 Å². The molecule has 11 heteroatoms. The minimum atomic E-state index is -2.09. The Morgan fingerprint density at radius 3 is 1.38 bits per heavy atom. The third-order valence-corrected chi connectivity index (χ3v) is 15.7. The second kappa shape index (κ2) is 27.0. The molecule has 8 nitrogen and oxygen atoms in total. The summed E-state index contributed by atoms with van der Waals surface area (Å²) < 4.78 is 27.2. The van der Waals surface area contributed by atoms with Crippen LogP contribution in [0.15, 0.2) is 0 Å². The minimum absolute atomic E-state index is 0. The third-order valence-electron chi connectivity index (χ3n) is 4.41. The van der Waals surface area contributed by atoms with Gasteiger partial charge >= 0.3 is 20.5 Å². The molecule has 0 aromatic rings. The summed E-state index contributed by atoms with van der Waals surface area (Å²) >= 11 is 0. The molecule has 0 aliphatic rings. The highest BCUT2D eigenvalue weighted by Crippen LogP contribution is 2.25. The summed E-state index contributed by atoms with van der Waals surface area (Å²) in [5.74, 6) is -0.176. The van der Waals surface area contributed by atoms with Gasteiger partial charge in [0.1, 0.15) is 0 Å². The lowest BCUT2D eigenvalue weighted by atomic mass is 10.3. The van der Waals surface area contributed by atoms with Crippen LogP contribution in [0.4, 0.5) is 0 Å². The highest BCUT2D eigenvalue weighted by Gasteiger charge is 2.39. The second-order valence-electron chi connectivity index (χ2n) is 9.80. The first-order chi connectivity index (χ1) is 16.2. The van der Waals surface area contributed by atoms with E-state index in [0.29, 0.717) is 26.1 Å². The predicted molar refractivity (Wildman–Crippen MR) is 164 cm³/mol. The molecule has 0 aliphatic carbocycles.